The summed E-state index contributed by atoms with van der Waals surface area (Å²) in [4.78, 5) is -0.0862. The van der Waals surface area contributed by atoms with Gasteiger partial charge in [0, 0.05) is 10.7 Å². The van der Waals surface area contributed by atoms with Crippen LogP contribution in [0, 0.1) is 11.3 Å². The Labute approximate surface area is 104 Å². The van der Waals surface area contributed by atoms with E-state index in [1.807, 2.05) is 0 Å². The lowest BCUT2D eigenvalue weighted by molar-refractivity contribution is 0.592. The molecule has 0 aliphatic heterocycles. The molecular weight excluding hydrogens is 286 g/mol. The van der Waals surface area contributed by atoms with Crippen molar-refractivity contribution in [3.8, 4) is 6.07 Å². The van der Waals surface area contributed by atoms with Crippen molar-refractivity contribution < 1.29 is 16.8 Å². The largest absolute Gasteiger partial charge is 0.233 e. The van der Waals surface area contributed by atoms with E-state index < -0.39 is 30.4 Å². The van der Waals surface area contributed by atoms with E-state index in [9.17, 15) is 16.8 Å². The fourth-order valence-electron chi connectivity index (χ4n) is 1.09. The van der Waals surface area contributed by atoms with Crippen molar-refractivity contribution in [1.82, 2.24) is 0 Å². The molecule has 1 aromatic rings. The molecule has 0 spiro atoms. The number of sulfone groups is 1. The average Bonchev–Trinajstić information content (AvgIpc) is 2.26. The van der Waals surface area contributed by atoms with Crippen molar-refractivity contribution in [1.29, 1.82) is 5.26 Å². The minimum Gasteiger partial charge on any atom is -0.224 e. The van der Waals surface area contributed by atoms with Crippen LogP contribution in [0.1, 0.15) is 5.56 Å². The maximum absolute atomic E-state index is 11.7. The van der Waals surface area contributed by atoms with Crippen molar-refractivity contribution in [2.75, 3.05) is 11.5 Å². The summed E-state index contributed by atoms with van der Waals surface area (Å²) in [5.74, 6) is -1.26. The van der Waals surface area contributed by atoms with Gasteiger partial charge < -0.3 is 0 Å². The number of rotatable bonds is 4. The average molecular weight is 294 g/mol. The SMILES string of the molecule is N#Cc1cccc(S(=O)(=O)CCS(=O)(=O)Cl)c1. The standard InChI is InChI=1S/C9H8ClNO4S2/c10-17(14,15)5-4-16(12,13)9-3-1-2-8(6-9)7-11/h1-3,6H,4-5H2. The first kappa shape index (κ1) is 14.0. The lowest BCUT2D eigenvalue weighted by Gasteiger charge is -2.03. The van der Waals surface area contributed by atoms with Crippen molar-refractivity contribution in [2.24, 2.45) is 0 Å². The second-order valence-corrected chi connectivity index (χ2v) is 8.21. The van der Waals surface area contributed by atoms with E-state index >= 15 is 0 Å². The van der Waals surface area contributed by atoms with Crippen LogP contribution in [0.15, 0.2) is 29.2 Å². The van der Waals surface area contributed by atoms with Crippen LogP contribution in [0.5, 0.6) is 0 Å². The van der Waals surface area contributed by atoms with Gasteiger partial charge in [0.05, 0.1) is 28.0 Å². The summed E-state index contributed by atoms with van der Waals surface area (Å²) in [6, 6.07) is 7.17. The Hall–Kier alpha value is -1.10. The Bertz CT molecular complexity index is 658. The summed E-state index contributed by atoms with van der Waals surface area (Å²) in [6.07, 6.45) is 0. The van der Waals surface area contributed by atoms with Gasteiger partial charge in [-0.25, -0.2) is 16.8 Å². The van der Waals surface area contributed by atoms with Crippen LogP contribution in [0.3, 0.4) is 0 Å². The van der Waals surface area contributed by atoms with Crippen LogP contribution >= 0.6 is 10.7 Å². The zero-order valence-electron chi connectivity index (χ0n) is 8.50. The van der Waals surface area contributed by atoms with E-state index in [0.29, 0.717) is 0 Å². The van der Waals surface area contributed by atoms with Crippen LogP contribution in [-0.2, 0) is 18.9 Å². The zero-order chi connectivity index (χ0) is 13.1. The molecule has 0 radical (unpaired) electrons. The second-order valence-electron chi connectivity index (χ2n) is 3.20. The molecule has 0 aliphatic rings. The topological polar surface area (TPSA) is 92.1 Å². The van der Waals surface area contributed by atoms with E-state index in [4.69, 9.17) is 15.9 Å². The predicted octanol–water partition coefficient (Wildman–Crippen LogP) is 0.901. The Kier molecular flexibility index (Phi) is 4.14. The Morgan fingerprint density at radius 1 is 1.18 bits per heavy atom. The van der Waals surface area contributed by atoms with Crippen molar-refractivity contribution >= 4 is 29.6 Å². The maximum Gasteiger partial charge on any atom is 0.233 e. The molecular formula is C9H8ClNO4S2. The predicted molar refractivity (Wildman–Crippen MR) is 62.8 cm³/mol. The normalized spacial score (nSPS) is 12.0. The van der Waals surface area contributed by atoms with Crippen LogP contribution in [-0.4, -0.2) is 28.3 Å². The van der Waals surface area contributed by atoms with Crippen LogP contribution < -0.4 is 0 Å². The van der Waals surface area contributed by atoms with Gasteiger partial charge in [0.2, 0.25) is 9.05 Å². The van der Waals surface area contributed by atoms with E-state index in [0.717, 1.165) is 0 Å². The van der Waals surface area contributed by atoms with Crippen LogP contribution in [0.25, 0.3) is 0 Å². The molecule has 0 saturated heterocycles. The van der Waals surface area contributed by atoms with Crippen molar-refractivity contribution in [2.45, 2.75) is 4.90 Å². The molecule has 0 aliphatic carbocycles. The smallest absolute Gasteiger partial charge is 0.224 e. The summed E-state index contributed by atoms with van der Waals surface area (Å²) in [7, 11) is -2.65. The highest BCUT2D eigenvalue weighted by Gasteiger charge is 2.18. The van der Waals surface area contributed by atoms with E-state index in [1.54, 1.807) is 6.07 Å². The summed E-state index contributed by atoms with van der Waals surface area (Å²) < 4.78 is 44.8. The van der Waals surface area contributed by atoms with Gasteiger partial charge in [0.15, 0.2) is 9.84 Å². The molecule has 92 valence electrons. The molecule has 1 aromatic carbocycles. The molecule has 1 rings (SSSR count). The summed E-state index contributed by atoms with van der Waals surface area (Å²) >= 11 is 0. The third-order valence-electron chi connectivity index (χ3n) is 1.92. The van der Waals surface area contributed by atoms with Gasteiger partial charge in [-0.15, -0.1) is 0 Å². The fourth-order valence-corrected chi connectivity index (χ4v) is 4.16. The molecule has 0 unspecified atom stereocenters. The van der Waals surface area contributed by atoms with Gasteiger partial charge >= 0.3 is 0 Å². The summed E-state index contributed by atoms with van der Waals surface area (Å²) in [6.45, 7) is 0. The minimum absolute atomic E-state index is 0.0862. The highest BCUT2D eigenvalue weighted by atomic mass is 35.7. The van der Waals surface area contributed by atoms with Crippen LogP contribution in [0.4, 0.5) is 0 Å². The van der Waals surface area contributed by atoms with Crippen LogP contribution in [0.2, 0.25) is 0 Å². The maximum atomic E-state index is 11.7. The molecule has 8 heteroatoms. The quantitative estimate of drug-likeness (QED) is 0.769. The number of hydrogen-bond donors (Lipinski definition) is 0. The first-order valence-electron chi connectivity index (χ1n) is 4.40. The summed E-state index contributed by atoms with van der Waals surface area (Å²) in [5, 5.41) is 8.63. The van der Waals surface area contributed by atoms with Gasteiger partial charge in [-0.3, -0.25) is 0 Å². The van der Waals surface area contributed by atoms with Gasteiger partial charge in [0.1, 0.15) is 0 Å². The van der Waals surface area contributed by atoms with E-state index in [2.05, 4.69) is 0 Å². The third-order valence-corrected chi connectivity index (χ3v) is 5.04. The van der Waals surface area contributed by atoms with E-state index in [-0.39, 0.29) is 10.5 Å². The molecule has 0 amide bonds. The first-order chi connectivity index (χ1) is 7.74. The molecule has 0 N–H and O–H groups in total. The van der Waals surface area contributed by atoms with Crippen molar-refractivity contribution in [3.63, 3.8) is 0 Å². The lowest BCUT2D eigenvalue weighted by Crippen LogP contribution is -2.14. The monoisotopic (exact) mass is 293 g/mol. The molecule has 0 fully saturated rings. The Morgan fingerprint density at radius 2 is 1.82 bits per heavy atom. The van der Waals surface area contributed by atoms with Crippen molar-refractivity contribution in [3.05, 3.63) is 29.8 Å². The number of nitriles is 1. The zero-order valence-corrected chi connectivity index (χ0v) is 10.9. The summed E-state index contributed by atoms with van der Waals surface area (Å²) in [5.41, 5.74) is 0.194. The molecule has 0 saturated carbocycles. The first-order valence-corrected chi connectivity index (χ1v) is 8.53. The molecule has 0 atom stereocenters. The highest BCUT2D eigenvalue weighted by Crippen LogP contribution is 2.14. The fraction of sp³-hybridized carbons (Fsp3) is 0.222. The van der Waals surface area contributed by atoms with Gasteiger partial charge in [-0.2, -0.15) is 5.26 Å². The Morgan fingerprint density at radius 3 is 2.35 bits per heavy atom. The van der Waals surface area contributed by atoms with Gasteiger partial charge in [0.25, 0.3) is 0 Å². The minimum atomic E-state index is -3.85. The molecule has 5 nitrogen and oxygen atoms in total. The lowest BCUT2D eigenvalue weighted by atomic mass is 10.2. The number of hydrogen-bond acceptors (Lipinski definition) is 5. The molecule has 0 aromatic heterocycles. The van der Waals surface area contributed by atoms with Gasteiger partial charge in [-0.1, -0.05) is 6.07 Å². The third kappa shape index (κ3) is 4.34. The highest BCUT2D eigenvalue weighted by molar-refractivity contribution is 8.14. The molecule has 0 bridgehead atoms. The number of benzene rings is 1. The number of halogens is 1. The Balaban J connectivity index is 3.02. The molecule has 0 heterocycles. The number of nitrogens with zero attached hydrogens (tertiary/aromatic N) is 1. The molecule has 17 heavy (non-hydrogen) atoms. The van der Waals surface area contributed by atoms with Gasteiger partial charge in [-0.05, 0) is 18.2 Å². The second kappa shape index (κ2) is 5.04. The van der Waals surface area contributed by atoms with E-state index in [1.165, 1.54) is 24.3 Å².